The average Bonchev–Trinajstić information content (AvgIpc) is 2.78. The summed E-state index contributed by atoms with van der Waals surface area (Å²) in [4.78, 5) is 0. The topological polar surface area (TPSA) is 21.3 Å². The largest absolute Gasteiger partial charge is 0.493 e. The van der Waals surface area contributed by atoms with Crippen molar-refractivity contribution < 1.29 is 4.74 Å². The van der Waals surface area contributed by atoms with E-state index in [4.69, 9.17) is 4.74 Å². The van der Waals surface area contributed by atoms with Gasteiger partial charge in [-0.05, 0) is 48.9 Å². The van der Waals surface area contributed by atoms with Crippen LogP contribution in [0.4, 0.5) is 0 Å². The molecule has 1 aromatic carbocycles. The van der Waals surface area contributed by atoms with Crippen molar-refractivity contribution in [1.29, 1.82) is 0 Å². The Morgan fingerprint density at radius 1 is 1.39 bits per heavy atom. The first-order valence-electron chi connectivity index (χ1n) is 7.37. The molecule has 0 aromatic heterocycles. The predicted octanol–water partition coefficient (Wildman–Crippen LogP) is 3.46. The second-order valence-electron chi connectivity index (χ2n) is 5.59. The van der Waals surface area contributed by atoms with Crippen LogP contribution < -0.4 is 10.1 Å². The summed E-state index contributed by atoms with van der Waals surface area (Å²) in [6.45, 7) is 4.21. The normalized spacial score (nSPS) is 20.1. The fourth-order valence-electron chi connectivity index (χ4n) is 3.03. The number of benzene rings is 1. The minimum Gasteiger partial charge on any atom is -0.493 e. The van der Waals surface area contributed by atoms with Gasteiger partial charge in [0, 0.05) is 12.5 Å². The van der Waals surface area contributed by atoms with Crippen LogP contribution in [0.1, 0.15) is 49.8 Å². The molecule has 1 aliphatic carbocycles. The SMILES string of the molecule is CCCNC(c1ccc2c(c1)CCO2)C1CCC1. The second kappa shape index (κ2) is 5.31. The highest BCUT2D eigenvalue weighted by Gasteiger charge is 2.28. The predicted molar refractivity (Wildman–Crippen MR) is 74.0 cm³/mol. The van der Waals surface area contributed by atoms with Crippen LogP contribution in [0, 0.1) is 5.92 Å². The third-order valence-electron chi connectivity index (χ3n) is 4.31. The molecule has 1 fully saturated rings. The minimum absolute atomic E-state index is 0.560. The number of fused-ring (bicyclic) bond motifs is 1. The van der Waals surface area contributed by atoms with E-state index in [1.54, 1.807) is 0 Å². The molecule has 0 radical (unpaired) electrons. The zero-order valence-corrected chi connectivity index (χ0v) is 11.2. The monoisotopic (exact) mass is 245 g/mol. The number of nitrogens with one attached hydrogen (secondary N) is 1. The van der Waals surface area contributed by atoms with E-state index < -0.39 is 0 Å². The first-order chi connectivity index (χ1) is 8.88. The molecule has 1 heterocycles. The van der Waals surface area contributed by atoms with Gasteiger partial charge in [0.05, 0.1) is 6.61 Å². The van der Waals surface area contributed by atoms with Crippen molar-refractivity contribution >= 4 is 0 Å². The molecule has 1 N–H and O–H groups in total. The summed E-state index contributed by atoms with van der Waals surface area (Å²) in [7, 11) is 0. The van der Waals surface area contributed by atoms with Crippen molar-refractivity contribution in [3.8, 4) is 5.75 Å². The van der Waals surface area contributed by atoms with Crippen LogP contribution in [0.5, 0.6) is 5.75 Å². The number of rotatable bonds is 5. The van der Waals surface area contributed by atoms with Crippen LogP contribution in [-0.4, -0.2) is 13.2 Å². The van der Waals surface area contributed by atoms with Crippen LogP contribution in [0.2, 0.25) is 0 Å². The maximum Gasteiger partial charge on any atom is 0.122 e. The third kappa shape index (κ3) is 2.26. The molecule has 0 saturated heterocycles. The van der Waals surface area contributed by atoms with E-state index in [1.165, 1.54) is 36.8 Å². The molecule has 1 aliphatic heterocycles. The van der Waals surface area contributed by atoms with Gasteiger partial charge in [-0.3, -0.25) is 0 Å². The minimum atomic E-state index is 0.560. The van der Waals surface area contributed by atoms with E-state index in [-0.39, 0.29) is 0 Å². The number of ether oxygens (including phenoxy) is 1. The van der Waals surface area contributed by atoms with Gasteiger partial charge in [-0.15, -0.1) is 0 Å². The summed E-state index contributed by atoms with van der Waals surface area (Å²) in [6.07, 6.45) is 6.46. The second-order valence-corrected chi connectivity index (χ2v) is 5.59. The summed E-state index contributed by atoms with van der Waals surface area (Å²) in [5.41, 5.74) is 2.87. The maximum atomic E-state index is 5.59. The Labute approximate surface area is 110 Å². The number of hydrogen-bond donors (Lipinski definition) is 1. The molecule has 2 nitrogen and oxygen atoms in total. The molecule has 1 aromatic rings. The standard InChI is InChI=1S/C16H23NO/c1-2-9-17-16(12-4-3-5-12)14-6-7-15-13(11-14)8-10-18-15/h6-7,11-12,16-17H,2-5,8-10H2,1H3. The van der Waals surface area contributed by atoms with Gasteiger partial charge >= 0.3 is 0 Å². The Balaban J connectivity index is 1.80. The van der Waals surface area contributed by atoms with E-state index in [9.17, 15) is 0 Å². The van der Waals surface area contributed by atoms with Crippen LogP contribution >= 0.6 is 0 Å². The lowest BCUT2D eigenvalue weighted by Gasteiger charge is -2.35. The van der Waals surface area contributed by atoms with E-state index >= 15 is 0 Å². The van der Waals surface area contributed by atoms with Crippen molar-refractivity contribution in [3.05, 3.63) is 29.3 Å². The quantitative estimate of drug-likeness (QED) is 0.857. The lowest BCUT2D eigenvalue weighted by atomic mass is 9.77. The molecule has 2 aliphatic rings. The molecule has 2 heteroatoms. The lowest BCUT2D eigenvalue weighted by molar-refractivity contribution is 0.231. The molecule has 1 unspecified atom stereocenters. The molecule has 0 spiro atoms. The highest BCUT2D eigenvalue weighted by Crippen LogP contribution is 2.39. The van der Waals surface area contributed by atoms with Crippen LogP contribution in [-0.2, 0) is 6.42 Å². The Hall–Kier alpha value is -1.02. The summed E-state index contributed by atoms with van der Waals surface area (Å²) in [6, 6.07) is 7.35. The summed E-state index contributed by atoms with van der Waals surface area (Å²) < 4.78 is 5.59. The van der Waals surface area contributed by atoms with Crippen molar-refractivity contribution in [2.24, 2.45) is 5.92 Å². The molecule has 3 rings (SSSR count). The fourth-order valence-corrected chi connectivity index (χ4v) is 3.03. The maximum absolute atomic E-state index is 5.59. The van der Waals surface area contributed by atoms with Crippen molar-refractivity contribution in [3.63, 3.8) is 0 Å². The summed E-state index contributed by atoms with van der Waals surface area (Å²) in [5, 5.41) is 3.74. The van der Waals surface area contributed by atoms with Gasteiger partial charge in [0.2, 0.25) is 0 Å². The zero-order valence-electron chi connectivity index (χ0n) is 11.2. The van der Waals surface area contributed by atoms with Gasteiger partial charge in [0.15, 0.2) is 0 Å². The van der Waals surface area contributed by atoms with E-state index in [2.05, 4.69) is 30.4 Å². The number of hydrogen-bond acceptors (Lipinski definition) is 2. The van der Waals surface area contributed by atoms with Crippen molar-refractivity contribution in [1.82, 2.24) is 5.32 Å². The molecular formula is C16H23NO. The average molecular weight is 245 g/mol. The summed E-state index contributed by atoms with van der Waals surface area (Å²) >= 11 is 0. The molecule has 98 valence electrons. The first kappa shape index (κ1) is 12.0. The van der Waals surface area contributed by atoms with E-state index in [0.29, 0.717) is 6.04 Å². The van der Waals surface area contributed by atoms with Crippen LogP contribution in [0.15, 0.2) is 18.2 Å². The van der Waals surface area contributed by atoms with Gasteiger partial charge in [0.25, 0.3) is 0 Å². The summed E-state index contributed by atoms with van der Waals surface area (Å²) in [5.74, 6) is 1.94. The Morgan fingerprint density at radius 2 is 2.28 bits per heavy atom. The Bertz CT molecular complexity index is 412. The molecular weight excluding hydrogens is 222 g/mol. The smallest absolute Gasteiger partial charge is 0.122 e. The zero-order chi connectivity index (χ0) is 12.4. The third-order valence-corrected chi connectivity index (χ3v) is 4.31. The molecule has 1 saturated carbocycles. The van der Waals surface area contributed by atoms with Gasteiger partial charge in [0.1, 0.15) is 5.75 Å². The van der Waals surface area contributed by atoms with Crippen molar-refractivity contribution in [2.45, 2.75) is 45.1 Å². The Kier molecular flexibility index (Phi) is 3.55. The van der Waals surface area contributed by atoms with E-state index in [0.717, 1.165) is 31.2 Å². The van der Waals surface area contributed by atoms with Gasteiger partial charge in [-0.25, -0.2) is 0 Å². The first-order valence-corrected chi connectivity index (χ1v) is 7.37. The molecule has 0 amide bonds. The van der Waals surface area contributed by atoms with Gasteiger partial charge in [-0.1, -0.05) is 25.5 Å². The highest BCUT2D eigenvalue weighted by atomic mass is 16.5. The fraction of sp³-hybridized carbons (Fsp3) is 0.625. The molecule has 1 atom stereocenters. The van der Waals surface area contributed by atoms with Gasteiger partial charge in [-0.2, -0.15) is 0 Å². The Morgan fingerprint density at radius 3 is 3.00 bits per heavy atom. The lowest BCUT2D eigenvalue weighted by Crippen LogP contribution is -2.32. The van der Waals surface area contributed by atoms with Crippen LogP contribution in [0.25, 0.3) is 0 Å². The highest BCUT2D eigenvalue weighted by molar-refractivity contribution is 5.41. The molecule has 0 bridgehead atoms. The van der Waals surface area contributed by atoms with Crippen LogP contribution in [0.3, 0.4) is 0 Å². The molecule has 18 heavy (non-hydrogen) atoms. The van der Waals surface area contributed by atoms with Gasteiger partial charge < -0.3 is 10.1 Å². The van der Waals surface area contributed by atoms with Crippen molar-refractivity contribution in [2.75, 3.05) is 13.2 Å². The van der Waals surface area contributed by atoms with E-state index in [1.807, 2.05) is 0 Å².